The number of aliphatic hydroxyl groups excluding tert-OH is 1. The Morgan fingerprint density at radius 3 is 2.88 bits per heavy atom. The van der Waals surface area contributed by atoms with Gasteiger partial charge in [0.25, 0.3) is 0 Å². The van der Waals surface area contributed by atoms with Crippen LogP contribution in [0.15, 0.2) is 67.1 Å². The first-order valence-corrected chi connectivity index (χ1v) is 13.3. The molecule has 41 heavy (non-hydrogen) atoms. The minimum absolute atomic E-state index is 0.0102. The maximum Gasteiger partial charge on any atom is 0.185 e. The number of Topliss-reactive ketones (excluding diaryl/α,β-unsaturated/α-hetero) is 1. The Hall–Kier alpha value is -4.72. The van der Waals surface area contributed by atoms with Gasteiger partial charge in [-0.1, -0.05) is 18.2 Å². The zero-order valence-electron chi connectivity index (χ0n) is 22.5. The molecule has 0 aliphatic carbocycles. The Kier molecular flexibility index (Phi) is 8.29. The average Bonchev–Trinajstić information content (AvgIpc) is 3.38. The molecule has 1 fully saturated rings. The van der Waals surface area contributed by atoms with Crippen molar-refractivity contribution in [3.63, 3.8) is 0 Å². The number of anilines is 1. The van der Waals surface area contributed by atoms with E-state index in [0.717, 1.165) is 11.3 Å². The van der Waals surface area contributed by atoms with Crippen LogP contribution in [-0.2, 0) is 6.42 Å². The quantitative estimate of drug-likeness (QED) is 0.296. The third-order valence-corrected chi connectivity index (χ3v) is 7.10. The van der Waals surface area contributed by atoms with Crippen LogP contribution in [0.2, 0.25) is 0 Å². The summed E-state index contributed by atoms with van der Waals surface area (Å²) in [6.45, 7) is 2.53. The van der Waals surface area contributed by atoms with Crippen LogP contribution in [0.5, 0.6) is 5.75 Å². The molecule has 1 aliphatic heterocycles. The fourth-order valence-electron chi connectivity index (χ4n) is 5.19. The molecule has 0 bridgehead atoms. The van der Waals surface area contributed by atoms with Gasteiger partial charge in [0.2, 0.25) is 0 Å². The van der Waals surface area contributed by atoms with Gasteiger partial charge in [-0.25, -0.2) is 14.4 Å². The van der Waals surface area contributed by atoms with Gasteiger partial charge in [-0.2, -0.15) is 5.26 Å². The number of benzene rings is 2. The highest BCUT2D eigenvalue weighted by molar-refractivity contribution is 5.97. The lowest BCUT2D eigenvalue weighted by atomic mass is 9.96. The summed E-state index contributed by atoms with van der Waals surface area (Å²) >= 11 is 0. The first-order chi connectivity index (χ1) is 19.9. The number of pyridine rings is 1. The Morgan fingerprint density at radius 1 is 1.24 bits per heavy atom. The second-order valence-corrected chi connectivity index (χ2v) is 9.77. The largest absolute Gasteiger partial charge is 0.493 e. The predicted octanol–water partition coefficient (Wildman–Crippen LogP) is 3.94. The molecule has 2 aromatic carbocycles. The number of aromatic nitrogens is 3. The number of hydrogen-bond donors (Lipinski definition) is 2. The van der Waals surface area contributed by atoms with E-state index in [1.807, 2.05) is 23.1 Å². The number of carbonyl (C=O) groups excluding carboxylic acids is 1. The molecule has 1 aliphatic rings. The van der Waals surface area contributed by atoms with E-state index in [0.29, 0.717) is 42.0 Å². The second-order valence-electron chi connectivity index (χ2n) is 9.77. The molecular formula is C31H29FN6O3. The number of ether oxygens (including phenoxy) is 1. The number of nitrogens with two attached hydrogens (primary N) is 1. The van der Waals surface area contributed by atoms with Crippen molar-refractivity contribution in [1.29, 1.82) is 5.26 Å². The van der Waals surface area contributed by atoms with Crippen molar-refractivity contribution in [2.75, 3.05) is 24.7 Å². The van der Waals surface area contributed by atoms with Crippen molar-refractivity contribution in [2.24, 2.45) is 5.73 Å². The number of ketones is 1. The number of nitrogens with zero attached hydrogens (tertiary/aromatic N) is 5. The first kappa shape index (κ1) is 27.8. The van der Waals surface area contributed by atoms with Gasteiger partial charge in [-0.3, -0.25) is 9.78 Å². The molecular weight excluding hydrogens is 523 g/mol. The topological polar surface area (TPSA) is 138 Å². The molecule has 0 unspecified atom stereocenters. The molecule has 1 saturated heterocycles. The third-order valence-electron chi connectivity index (χ3n) is 7.10. The van der Waals surface area contributed by atoms with Gasteiger partial charge in [-0.15, -0.1) is 0 Å². The van der Waals surface area contributed by atoms with Gasteiger partial charge in [0.1, 0.15) is 17.3 Å². The van der Waals surface area contributed by atoms with E-state index in [1.54, 1.807) is 37.5 Å². The SMILES string of the molecule is CCOc1cccc(F)c1-c1nccc(C(=O)Cc2ccc(-c3cnccc3C#N)cc2N2C[C@@H](N)C[C@H]2CO)n1. The van der Waals surface area contributed by atoms with Gasteiger partial charge in [-0.05, 0) is 54.8 Å². The molecule has 9 nitrogen and oxygen atoms in total. The van der Waals surface area contributed by atoms with Crippen molar-refractivity contribution < 1.29 is 19.0 Å². The number of aliphatic hydroxyl groups is 1. The number of nitriles is 1. The highest BCUT2D eigenvalue weighted by Gasteiger charge is 2.31. The molecule has 0 saturated carbocycles. The van der Waals surface area contributed by atoms with Crippen molar-refractivity contribution in [3.05, 3.63) is 89.8 Å². The molecule has 5 rings (SSSR count). The van der Waals surface area contributed by atoms with Crippen molar-refractivity contribution in [2.45, 2.75) is 31.8 Å². The normalized spacial score (nSPS) is 16.4. The minimum atomic E-state index is -0.550. The number of carbonyl (C=O) groups is 1. The predicted molar refractivity (Wildman–Crippen MR) is 152 cm³/mol. The molecule has 2 atom stereocenters. The standard InChI is InChI=1S/C31H29FN6O3/c1-2-41-29-5-3-4-25(32)30(29)31-36-11-9-26(37-31)28(40)13-20-7-6-19(24-16-35-10-8-21(24)15-33)12-27(20)38-17-22(34)14-23(38)18-39/h3-12,16,22-23,39H,2,13-14,17-18,34H2,1H3/t22-,23-/m0/s1. The average molecular weight is 553 g/mol. The van der Waals surface area contributed by atoms with E-state index in [4.69, 9.17) is 10.5 Å². The van der Waals surface area contributed by atoms with Crippen LogP contribution in [0.4, 0.5) is 10.1 Å². The summed E-state index contributed by atoms with van der Waals surface area (Å²) in [6.07, 6.45) is 5.21. The summed E-state index contributed by atoms with van der Waals surface area (Å²) in [5.74, 6) is -0.493. The summed E-state index contributed by atoms with van der Waals surface area (Å²) in [5, 5.41) is 19.7. The molecule has 0 radical (unpaired) electrons. The van der Waals surface area contributed by atoms with E-state index >= 15 is 0 Å². The molecule has 0 amide bonds. The van der Waals surface area contributed by atoms with E-state index < -0.39 is 5.82 Å². The maximum atomic E-state index is 14.8. The van der Waals surface area contributed by atoms with Gasteiger partial charge >= 0.3 is 0 Å². The molecule has 3 N–H and O–H groups in total. The highest BCUT2D eigenvalue weighted by Crippen LogP contribution is 2.35. The fraction of sp³-hybridized carbons (Fsp3) is 0.258. The Labute approximate surface area is 237 Å². The van der Waals surface area contributed by atoms with Crippen LogP contribution in [0.25, 0.3) is 22.5 Å². The summed E-state index contributed by atoms with van der Waals surface area (Å²) in [4.78, 5) is 28.4. The summed E-state index contributed by atoms with van der Waals surface area (Å²) < 4.78 is 20.4. The Bertz CT molecular complexity index is 1620. The monoisotopic (exact) mass is 552 g/mol. The number of halogens is 1. The molecule has 4 aromatic rings. The van der Waals surface area contributed by atoms with E-state index in [2.05, 4.69) is 21.0 Å². The van der Waals surface area contributed by atoms with Crippen LogP contribution >= 0.6 is 0 Å². The highest BCUT2D eigenvalue weighted by atomic mass is 19.1. The van der Waals surface area contributed by atoms with E-state index in [-0.39, 0.29) is 48.0 Å². The van der Waals surface area contributed by atoms with Gasteiger partial charge in [0, 0.05) is 48.8 Å². The van der Waals surface area contributed by atoms with Crippen LogP contribution in [0.1, 0.15) is 35.0 Å². The molecule has 3 heterocycles. The maximum absolute atomic E-state index is 14.8. The summed E-state index contributed by atoms with van der Waals surface area (Å²) in [5.41, 5.74) is 9.80. The van der Waals surface area contributed by atoms with Gasteiger partial charge in [0.15, 0.2) is 11.6 Å². The zero-order valence-corrected chi connectivity index (χ0v) is 22.5. The summed E-state index contributed by atoms with van der Waals surface area (Å²) in [7, 11) is 0. The summed E-state index contributed by atoms with van der Waals surface area (Å²) in [6, 6.07) is 15.0. The van der Waals surface area contributed by atoms with Crippen molar-refractivity contribution in [1.82, 2.24) is 15.0 Å². The number of hydrogen-bond acceptors (Lipinski definition) is 9. The van der Waals surface area contributed by atoms with Gasteiger partial charge < -0.3 is 20.5 Å². The van der Waals surface area contributed by atoms with Crippen LogP contribution in [-0.4, -0.2) is 57.7 Å². The Morgan fingerprint density at radius 2 is 2.10 bits per heavy atom. The van der Waals surface area contributed by atoms with E-state index in [9.17, 15) is 19.6 Å². The molecule has 10 heteroatoms. The molecule has 2 aromatic heterocycles. The lowest BCUT2D eigenvalue weighted by molar-refractivity contribution is 0.0988. The van der Waals surface area contributed by atoms with Crippen LogP contribution in [0, 0.1) is 17.1 Å². The lowest BCUT2D eigenvalue weighted by Crippen LogP contribution is -2.34. The van der Waals surface area contributed by atoms with Crippen molar-refractivity contribution in [3.8, 4) is 34.3 Å². The van der Waals surface area contributed by atoms with Crippen LogP contribution in [0.3, 0.4) is 0 Å². The van der Waals surface area contributed by atoms with Crippen LogP contribution < -0.4 is 15.4 Å². The van der Waals surface area contributed by atoms with Crippen molar-refractivity contribution >= 4 is 11.5 Å². The lowest BCUT2D eigenvalue weighted by Gasteiger charge is -2.28. The number of rotatable bonds is 9. The fourth-order valence-corrected chi connectivity index (χ4v) is 5.19. The first-order valence-electron chi connectivity index (χ1n) is 13.3. The Balaban J connectivity index is 1.53. The van der Waals surface area contributed by atoms with Gasteiger partial charge in [0.05, 0.1) is 36.5 Å². The minimum Gasteiger partial charge on any atom is -0.493 e. The smallest absolute Gasteiger partial charge is 0.185 e. The molecule has 208 valence electrons. The van der Waals surface area contributed by atoms with E-state index in [1.165, 1.54) is 18.3 Å². The molecule has 0 spiro atoms. The zero-order chi connectivity index (χ0) is 28.9. The second kappa shape index (κ2) is 12.2. The third kappa shape index (κ3) is 5.77.